The first kappa shape index (κ1) is 21.7. The van der Waals surface area contributed by atoms with E-state index in [0.717, 1.165) is 27.3 Å². The van der Waals surface area contributed by atoms with E-state index in [1.165, 1.54) is 11.8 Å². The van der Waals surface area contributed by atoms with Gasteiger partial charge in [0.2, 0.25) is 0 Å². The second-order valence-electron chi connectivity index (χ2n) is 6.80. The van der Waals surface area contributed by atoms with Crippen molar-refractivity contribution in [2.75, 3.05) is 28.4 Å². The lowest BCUT2D eigenvalue weighted by Gasteiger charge is -2.14. The van der Waals surface area contributed by atoms with Crippen LogP contribution in [0.3, 0.4) is 0 Å². The Morgan fingerprint density at radius 1 is 0.844 bits per heavy atom. The zero-order chi connectivity index (χ0) is 22.7. The summed E-state index contributed by atoms with van der Waals surface area (Å²) in [6.07, 6.45) is 1.66. The van der Waals surface area contributed by atoms with Gasteiger partial charge < -0.3 is 23.5 Å². The average Bonchev–Trinajstić information content (AvgIpc) is 3.25. The zero-order valence-corrected chi connectivity index (χ0v) is 19.3. The van der Waals surface area contributed by atoms with E-state index in [-0.39, 0.29) is 0 Å². The molecule has 0 spiro atoms. The lowest BCUT2D eigenvalue weighted by molar-refractivity contribution is 0.355. The predicted octanol–water partition coefficient (Wildman–Crippen LogP) is 3.75. The summed E-state index contributed by atoms with van der Waals surface area (Å²) < 4.78 is 23.7. The number of methoxy groups -OCH3 is 4. The van der Waals surface area contributed by atoms with Crippen LogP contribution in [0.2, 0.25) is 0 Å². The van der Waals surface area contributed by atoms with Gasteiger partial charge in [0, 0.05) is 24.1 Å². The Labute approximate surface area is 189 Å². The normalized spacial score (nSPS) is 10.9. The fraction of sp³-hybridized carbons (Fsp3) is 0.273. The molecule has 4 aromatic rings. The fourth-order valence-electron chi connectivity index (χ4n) is 3.30. The quantitative estimate of drug-likeness (QED) is 0.370. The van der Waals surface area contributed by atoms with Crippen LogP contribution in [0, 0.1) is 0 Å². The molecule has 0 saturated heterocycles. The lowest BCUT2D eigenvalue weighted by atomic mass is 10.0. The molecule has 0 fully saturated rings. The van der Waals surface area contributed by atoms with E-state index >= 15 is 0 Å². The second-order valence-corrected chi connectivity index (χ2v) is 7.74. The molecule has 0 atom stereocenters. The van der Waals surface area contributed by atoms with E-state index in [4.69, 9.17) is 28.9 Å². The Balaban J connectivity index is 1.87. The monoisotopic (exact) mass is 453 g/mol. The Bertz CT molecular complexity index is 1260. The number of hydrogen-bond donors (Lipinski definition) is 0. The van der Waals surface area contributed by atoms with Crippen LogP contribution in [0.15, 0.2) is 41.8 Å². The highest BCUT2D eigenvalue weighted by Gasteiger charge is 2.17. The van der Waals surface area contributed by atoms with Crippen molar-refractivity contribution in [2.45, 2.75) is 10.9 Å². The second kappa shape index (κ2) is 9.31. The summed E-state index contributed by atoms with van der Waals surface area (Å²) in [5, 5.41) is 9.66. The standard InChI is InChI=1S/C22H23N5O4S/c1-27-12-23-26-22(27)32-11-20-24-15-10-19(31-5)18(30-4)9-14(15)21(25-20)13-6-7-16(28-2)17(8-13)29-3/h6-10,12H,11H2,1-5H3. The molecule has 2 aromatic heterocycles. The van der Waals surface area contributed by atoms with Gasteiger partial charge in [-0.25, -0.2) is 9.97 Å². The summed E-state index contributed by atoms with van der Waals surface area (Å²) in [7, 11) is 8.32. The van der Waals surface area contributed by atoms with Gasteiger partial charge in [0.15, 0.2) is 28.2 Å². The van der Waals surface area contributed by atoms with E-state index < -0.39 is 0 Å². The van der Waals surface area contributed by atoms with Gasteiger partial charge in [-0.2, -0.15) is 0 Å². The highest BCUT2D eigenvalue weighted by Crippen LogP contribution is 2.38. The lowest BCUT2D eigenvalue weighted by Crippen LogP contribution is -2.01. The SMILES string of the molecule is COc1ccc(-c2nc(CSc3nncn3C)nc3cc(OC)c(OC)cc23)cc1OC. The molecule has 0 aliphatic carbocycles. The Morgan fingerprint density at radius 3 is 2.19 bits per heavy atom. The van der Waals surface area contributed by atoms with Crippen molar-refractivity contribution in [3.8, 4) is 34.3 Å². The molecule has 32 heavy (non-hydrogen) atoms. The molecule has 2 aromatic carbocycles. The van der Waals surface area contributed by atoms with Crippen LogP contribution in [-0.4, -0.2) is 53.2 Å². The first-order chi connectivity index (χ1) is 15.6. The maximum atomic E-state index is 5.51. The van der Waals surface area contributed by atoms with Gasteiger partial charge in [-0.15, -0.1) is 10.2 Å². The molecule has 0 N–H and O–H groups in total. The number of benzene rings is 2. The van der Waals surface area contributed by atoms with Crippen LogP contribution in [0.25, 0.3) is 22.2 Å². The first-order valence-corrected chi connectivity index (χ1v) is 10.7. The molecule has 0 aliphatic rings. The molecule has 10 heteroatoms. The third kappa shape index (κ3) is 4.13. The van der Waals surface area contributed by atoms with Crippen LogP contribution >= 0.6 is 11.8 Å². The molecule has 4 rings (SSSR count). The Hall–Kier alpha value is -3.53. The van der Waals surface area contributed by atoms with E-state index in [1.807, 2.05) is 41.9 Å². The van der Waals surface area contributed by atoms with Gasteiger partial charge in [-0.1, -0.05) is 11.8 Å². The van der Waals surface area contributed by atoms with E-state index in [0.29, 0.717) is 34.6 Å². The predicted molar refractivity (Wildman–Crippen MR) is 122 cm³/mol. The summed E-state index contributed by atoms with van der Waals surface area (Å²) in [5.41, 5.74) is 2.37. The van der Waals surface area contributed by atoms with Crippen molar-refractivity contribution in [2.24, 2.45) is 7.05 Å². The van der Waals surface area contributed by atoms with Gasteiger partial charge in [-0.3, -0.25) is 0 Å². The highest BCUT2D eigenvalue weighted by atomic mass is 32.2. The van der Waals surface area contributed by atoms with Crippen molar-refractivity contribution in [1.29, 1.82) is 0 Å². The molecule has 9 nitrogen and oxygen atoms in total. The number of thioether (sulfide) groups is 1. The number of nitrogens with zero attached hydrogens (tertiary/aromatic N) is 5. The van der Waals surface area contributed by atoms with Crippen molar-refractivity contribution in [3.63, 3.8) is 0 Å². The number of aromatic nitrogens is 5. The van der Waals surface area contributed by atoms with Crippen LogP contribution in [0.4, 0.5) is 0 Å². The van der Waals surface area contributed by atoms with Crippen molar-refractivity contribution in [3.05, 3.63) is 42.5 Å². The number of hydrogen-bond acceptors (Lipinski definition) is 9. The summed E-state index contributed by atoms with van der Waals surface area (Å²) in [5.74, 6) is 3.65. The van der Waals surface area contributed by atoms with E-state index in [2.05, 4.69) is 10.2 Å². The van der Waals surface area contributed by atoms with Crippen LogP contribution < -0.4 is 18.9 Å². The summed E-state index contributed by atoms with van der Waals surface area (Å²) >= 11 is 1.51. The van der Waals surface area contributed by atoms with Crippen molar-refractivity contribution < 1.29 is 18.9 Å². The molecular formula is C22H23N5O4S. The first-order valence-electron chi connectivity index (χ1n) is 9.69. The van der Waals surface area contributed by atoms with Crippen LogP contribution in [0.5, 0.6) is 23.0 Å². The van der Waals surface area contributed by atoms with E-state index in [1.54, 1.807) is 34.8 Å². The molecule has 0 bridgehead atoms. The van der Waals surface area contributed by atoms with Gasteiger partial charge in [0.25, 0.3) is 0 Å². The zero-order valence-electron chi connectivity index (χ0n) is 18.4. The molecular weight excluding hydrogens is 430 g/mol. The van der Waals surface area contributed by atoms with Gasteiger partial charge >= 0.3 is 0 Å². The smallest absolute Gasteiger partial charge is 0.191 e. The molecule has 166 valence electrons. The molecule has 0 unspecified atom stereocenters. The van der Waals surface area contributed by atoms with Crippen LogP contribution in [-0.2, 0) is 12.8 Å². The summed E-state index contributed by atoms with van der Waals surface area (Å²) in [6, 6.07) is 9.45. The number of ether oxygens (including phenoxy) is 4. The summed E-state index contributed by atoms with van der Waals surface area (Å²) in [6.45, 7) is 0. The Morgan fingerprint density at radius 2 is 1.53 bits per heavy atom. The van der Waals surface area contributed by atoms with E-state index in [9.17, 15) is 0 Å². The maximum Gasteiger partial charge on any atom is 0.191 e. The minimum atomic E-state index is 0.525. The van der Waals surface area contributed by atoms with Gasteiger partial charge in [0.1, 0.15) is 12.2 Å². The van der Waals surface area contributed by atoms with Gasteiger partial charge in [0.05, 0.1) is 45.4 Å². The average molecular weight is 454 g/mol. The number of rotatable bonds is 8. The highest BCUT2D eigenvalue weighted by molar-refractivity contribution is 7.98. The third-order valence-corrected chi connectivity index (χ3v) is 5.93. The molecule has 0 amide bonds. The summed E-state index contributed by atoms with van der Waals surface area (Å²) in [4.78, 5) is 9.65. The number of fused-ring (bicyclic) bond motifs is 1. The molecule has 0 saturated carbocycles. The number of aryl methyl sites for hydroxylation is 1. The topological polar surface area (TPSA) is 93.4 Å². The third-order valence-electron chi connectivity index (χ3n) is 4.90. The van der Waals surface area contributed by atoms with Crippen molar-refractivity contribution >= 4 is 22.7 Å². The molecule has 0 aliphatic heterocycles. The minimum Gasteiger partial charge on any atom is -0.493 e. The minimum absolute atomic E-state index is 0.525. The molecule has 0 radical (unpaired) electrons. The maximum absolute atomic E-state index is 5.51. The largest absolute Gasteiger partial charge is 0.493 e. The fourth-order valence-corrected chi connectivity index (χ4v) is 4.05. The van der Waals surface area contributed by atoms with Gasteiger partial charge in [-0.05, 0) is 24.3 Å². The Kier molecular flexibility index (Phi) is 6.31. The molecule has 2 heterocycles. The van der Waals surface area contributed by atoms with Crippen LogP contribution in [0.1, 0.15) is 5.82 Å². The van der Waals surface area contributed by atoms with Crippen molar-refractivity contribution in [1.82, 2.24) is 24.7 Å².